The maximum Gasteiger partial charge on any atom is 0.419 e. The molecule has 3 amide bonds. The molecule has 1 aliphatic heterocycles. The van der Waals surface area contributed by atoms with Gasteiger partial charge in [-0.15, -0.1) is 0 Å². The number of hydrogen-bond acceptors (Lipinski definition) is 6. The number of amides is 3. The van der Waals surface area contributed by atoms with Gasteiger partial charge in [0.25, 0.3) is 5.24 Å². The lowest BCUT2D eigenvalue weighted by atomic mass is 10.1. The second kappa shape index (κ2) is 10.7. The van der Waals surface area contributed by atoms with Gasteiger partial charge in [0.05, 0.1) is 11.8 Å². The Hall–Kier alpha value is -3.78. The third-order valence-corrected chi connectivity index (χ3v) is 5.91. The molecule has 3 aromatic carbocycles. The third kappa shape index (κ3) is 6.14. The fourth-order valence-electron chi connectivity index (χ4n) is 3.30. The molecule has 1 unspecified atom stereocenters. The molecule has 3 aromatic rings. The monoisotopic (exact) mass is 462 g/mol. The van der Waals surface area contributed by atoms with Crippen LogP contribution in [0.2, 0.25) is 0 Å². The first-order chi connectivity index (χ1) is 16.1. The highest BCUT2D eigenvalue weighted by atomic mass is 32.2. The van der Waals surface area contributed by atoms with Crippen molar-refractivity contribution in [2.24, 2.45) is 0 Å². The largest absolute Gasteiger partial charge is 0.492 e. The third-order valence-electron chi connectivity index (χ3n) is 4.93. The number of imide groups is 1. The summed E-state index contributed by atoms with van der Waals surface area (Å²) in [5.74, 6) is 0.854. The van der Waals surface area contributed by atoms with Crippen LogP contribution in [-0.2, 0) is 11.2 Å². The number of thioether (sulfide) groups is 1. The summed E-state index contributed by atoms with van der Waals surface area (Å²) in [6.45, 7) is 0.548. The molecule has 1 heterocycles. The van der Waals surface area contributed by atoms with Crippen molar-refractivity contribution >= 4 is 34.7 Å². The Morgan fingerprint density at radius 2 is 1.55 bits per heavy atom. The number of nitrogens with one attached hydrogen (secondary N) is 1. The predicted molar refractivity (Wildman–Crippen MR) is 127 cm³/mol. The van der Waals surface area contributed by atoms with Crippen LogP contribution in [0.3, 0.4) is 0 Å². The van der Waals surface area contributed by atoms with E-state index in [0.29, 0.717) is 30.2 Å². The van der Waals surface area contributed by atoms with E-state index in [0.717, 1.165) is 17.3 Å². The van der Waals surface area contributed by atoms with Crippen LogP contribution < -0.4 is 19.7 Å². The summed E-state index contributed by atoms with van der Waals surface area (Å²) in [6.07, 6.45) is -0.0245. The molecule has 4 rings (SSSR count). The van der Waals surface area contributed by atoms with Crippen LogP contribution >= 0.6 is 11.8 Å². The van der Waals surface area contributed by atoms with Gasteiger partial charge in [0.2, 0.25) is 5.91 Å². The Kier molecular flexibility index (Phi) is 7.26. The molecular formula is C25H22N2O5S. The standard InChI is InChI=1S/C25H22N2O5S/c28-23-22(33-24(29)26-23)17-18-11-13-20(14-12-18)31-16-15-27(19-7-3-1-4-8-19)25(30)32-21-9-5-2-6-10-21/h1-14,22H,15-17H2,(H,26,28,29). The lowest BCUT2D eigenvalue weighted by Crippen LogP contribution is -2.36. The van der Waals surface area contributed by atoms with Crippen molar-refractivity contribution in [1.82, 2.24) is 5.32 Å². The Morgan fingerprint density at radius 3 is 2.18 bits per heavy atom. The lowest BCUT2D eigenvalue weighted by Gasteiger charge is -2.22. The summed E-state index contributed by atoms with van der Waals surface area (Å²) in [4.78, 5) is 37.4. The van der Waals surface area contributed by atoms with Crippen LogP contribution in [0.15, 0.2) is 84.9 Å². The van der Waals surface area contributed by atoms with Crippen molar-refractivity contribution in [3.05, 3.63) is 90.5 Å². The van der Waals surface area contributed by atoms with Crippen LogP contribution in [0.25, 0.3) is 0 Å². The van der Waals surface area contributed by atoms with Gasteiger partial charge in [-0.2, -0.15) is 0 Å². The maximum absolute atomic E-state index is 12.8. The van der Waals surface area contributed by atoms with Gasteiger partial charge in [-0.3, -0.25) is 19.8 Å². The van der Waals surface area contributed by atoms with E-state index in [1.807, 2.05) is 60.7 Å². The van der Waals surface area contributed by atoms with Gasteiger partial charge in [-0.25, -0.2) is 4.79 Å². The van der Waals surface area contributed by atoms with Crippen molar-refractivity contribution < 1.29 is 23.9 Å². The number of carbonyl (C=O) groups excluding carboxylic acids is 3. The van der Waals surface area contributed by atoms with E-state index in [1.54, 1.807) is 24.3 Å². The van der Waals surface area contributed by atoms with Crippen molar-refractivity contribution in [3.8, 4) is 11.5 Å². The highest BCUT2D eigenvalue weighted by Gasteiger charge is 2.31. The molecule has 0 aromatic heterocycles. The normalized spacial score (nSPS) is 15.1. The van der Waals surface area contributed by atoms with E-state index in [2.05, 4.69) is 5.32 Å². The van der Waals surface area contributed by atoms with Crippen molar-refractivity contribution in [2.45, 2.75) is 11.7 Å². The minimum Gasteiger partial charge on any atom is -0.492 e. The Labute approximate surface area is 195 Å². The van der Waals surface area contributed by atoms with Gasteiger partial charge in [-0.1, -0.05) is 60.3 Å². The van der Waals surface area contributed by atoms with Gasteiger partial charge in [-0.05, 0) is 48.4 Å². The molecule has 1 atom stereocenters. The highest BCUT2D eigenvalue weighted by molar-refractivity contribution is 8.15. The number of ether oxygens (including phenoxy) is 2. The summed E-state index contributed by atoms with van der Waals surface area (Å²) in [6, 6.07) is 25.5. The van der Waals surface area contributed by atoms with E-state index in [1.165, 1.54) is 4.90 Å². The van der Waals surface area contributed by atoms with E-state index in [4.69, 9.17) is 9.47 Å². The fourth-order valence-corrected chi connectivity index (χ4v) is 4.16. The summed E-state index contributed by atoms with van der Waals surface area (Å²) in [5, 5.41) is 1.58. The van der Waals surface area contributed by atoms with Gasteiger partial charge in [0, 0.05) is 5.69 Å². The molecule has 0 aliphatic carbocycles. The van der Waals surface area contributed by atoms with Crippen molar-refractivity contribution in [2.75, 3.05) is 18.1 Å². The summed E-state index contributed by atoms with van der Waals surface area (Å²) >= 11 is 1.01. The molecule has 0 radical (unpaired) electrons. The second-order valence-electron chi connectivity index (χ2n) is 7.25. The number of carbonyl (C=O) groups is 3. The molecule has 168 valence electrons. The SMILES string of the molecule is O=C1NC(=O)C(Cc2ccc(OCCN(C(=O)Oc3ccccc3)c3ccccc3)cc2)S1. The molecule has 33 heavy (non-hydrogen) atoms. The topological polar surface area (TPSA) is 84.9 Å². The first-order valence-electron chi connectivity index (χ1n) is 10.4. The number of anilines is 1. The second-order valence-corrected chi connectivity index (χ2v) is 8.42. The van der Waals surface area contributed by atoms with E-state index in [9.17, 15) is 14.4 Å². The lowest BCUT2D eigenvalue weighted by molar-refractivity contribution is -0.118. The average molecular weight is 463 g/mol. The first kappa shape index (κ1) is 22.4. The molecule has 0 bridgehead atoms. The Balaban J connectivity index is 1.34. The van der Waals surface area contributed by atoms with Crippen LogP contribution in [0.5, 0.6) is 11.5 Å². The summed E-state index contributed by atoms with van der Waals surface area (Å²) in [5.41, 5.74) is 1.64. The molecule has 1 N–H and O–H groups in total. The van der Waals surface area contributed by atoms with E-state index in [-0.39, 0.29) is 17.8 Å². The Bertz CT molecular complexity index is 1110. The summed E-state index contributed by atoms with van der Waals surface area (Å²) in [7, 11) is 0. The first-order valence-corrected chi connectivity index (χ1v) is 11.3. The molecule has 1 saturated heterocycles. The fraction of sp³-hybridized carbons (Fsp3) is 0.160. The molecule has 8 heteroatoms. The zero-order chi connectivity index (χ0) is 23.0. The van der Waals surface area contributed by atoms with Crippen LogP contribution in [0.1, 0.15) is 5.56 Å². The quantitative estimate of drug-likeness (QED) is 0.524. The average Bonchev–Trinajstić information content (AvgIpc) is 3.15. The molecule has 1 aliphatic rings. The molecular weight excluding hydrogens is 440 g/mol. The molecule has 7 nitrogen and oxygen atoms in total. The Morgan fingerprint density at radius 1 is 0.879 bits per heavy atom. The van der Waals surface area contributed by atoms with Gasteiger partial charge < -0.3 is 9.47 Å². The molecule has 0 spiro atoms. The van der Waals surface area contributed by atoms with Crippen molar-refractivity contribution in [1.29, 1.82) is 0 Å². The zero-order valence-electron chi connectivity index (χ0n) is 17.7. The highest BCUT2D eigenvalue weighted by Crippen LogP contribution is 2.24. The van der Waals surface area contributed by atoms with Gasteiger partial charge >= 0.3 is 6.09 Å². The van der Waals surface area contributed by atoms with Crippen molar-refractivity contribution in [3.63, 3.8) is 0 Å². The van der Waals surface area contributed by atoms with E-state index >= 15 is 0 Å². The molecule has 1 fully saturated rings. The number of para-hydroxylation sites is 2. The predicted octanol–water partition coefficient (Wildman–Crippen LogP) is 4.67. The zero-order valence-corrected chi connectivity index (χ0v) is 18.5. The van der Waals surface area contributed by atoms with Gasteiger partial charge in [0.15, 0.2) is 0 Å². The smallest absolute Gasteiger partial charge is 0.419 e. The number of benzene rings is 3. The van der Waals surface area contributed by atoms with Crippen LogP contribution in [0.4, 0.5) is 15.3 Å². The summed E-state index contributed by atoms with van der Waals surface area (Å²) < 4.78 is 11.3. The number of nitrogens with zero attached hydrogens (tertiary/aromatic N) is 1. The molecule has 0 saturated carbocycles. The van der Waals surface area contributed by atoms with Crippen LogP contribution in [-0.4, -0.2) is 35.6 Å². The number of rotatable bonds is 8. The van der Waals surface area contributed by atoms with Gasteiger partial charge in [0.1, 0.15) is 18.1 Å². The minimum atomic E-state index is -0.492. The maximum atomic E-state index is 12.8. The number of hydrogen-bond donors (Lipinski definition) is 1. The van der Waals surface area contributed by atoms with Crippen LogP contribution in [0, 0.1) is 0 Å². The minimum absolute atomic E-state index is 0.256. The van der Waals surface area contributed by atoms with E-state index < -0.39 is 11.3 Å².